The number of aromatic nitrogens is 1. The summed E-state index contributed by atoms with van der Waals surface area (Å²) in [6.45, 7) is -0.546. The van der Waals surface area contributed by atoms with E-state index in [2.05, 4.69) is 4.98 Å². The Morgan fingerprint density at radius 3 is 2.28 bits per heavy atom. The Morgan fingerprint density at radius 2 is 1.58 bits per heavy atom. The number of fused-ring (bicyclic) bond motifs is 1. The molecule has 0 saturated carbocycles. The van der Waals surface area contributed by atoms with E-state index in [0.717, 1.165) is 11.0 Å². The molecule has 8 heteroatoms. The van der Waals surface area contributed by atoms with Gasteiger partial charge in [-0.2, -0.15) is 0 Å². The number of ether oxygens (including phenoxy) is 1. The van der Waals surface area contributed by atoms with Gasteiger partial charge in [-0.1, -0.05) is 66.7 Å². The highest BCUT2D eigenvalue weighted by atomic mass is 32.2. The van der Waals surface area contributed by atoms with Crippen molar-refractivity contribution < 1.29 is 22.7 Å². The van der Waals surface area contributed by atoms with E-state index in [4.69, 9.17) is 4.74 Å². The van der Waals surface area contributed by atoms with Crippen molar-refractivity contribution in [2.45, 2.75) is 6.04 Å². The molecule has 1 aliphatic rings. The van der Waals surface area contributed by atoms with Crippen molar-refractivity contribution in [3.8, 4) is 11.3 Å². The number of carbonyl (C=O) groups is 2. The zero-order valence-electron chi connectivity index (χ0n) is 19.2. The van der Waals surface area contributed by atoms with E-state index < -0.39 is 34.4 Å². The molecule has 0 fully saturated rings. The summed E-state index contributed by atoms with van der Waals surface area (Å²) in [7, 11) is -3.40. The molecule has 1 atom stereocenters. The fourth-order valence-electron chi connectivity index (χ4n) is 4.20. The molecule has 0 spiro atoms. The Balaban J connectivity index is 1.42. The van der Waals surface area contributed by atoms with E-state index in [1.807, 2.05) is 42.5 Å². The molecule has 36 heavy (non-hydrogen) atoms. The van der Waals surface area contributed by atoms with Crippen LogP contribution in [0.15, 0.2) is 102 Å². The van der Waals surface area contributed by atoms with Crippen LogP contribution in [0.3, 0.4) is 0 Å². The van der Waals surface area contributed by atoms with Crippen molar-refractivity contribution in [2.75, 3.05) is 17.3 Å². The number of rotatable bonds is 6. The molecular weight excluding hydrogens is 476 g/mol. The molecule has 1 aromatic heterocycles. The van der Waals surface area contributed by atoms with Crippen LogP contribution in [0.4, 0.5) is 5.69 Å². The molecule has 0 radical (unpaired) electrons. The number of carbonyl (C=O) groups excluding carboxylic acids is 2. The third-order valence-electron chi connectivity index (χ3n) is 5.88. The topological polar surface area (TPSA) is 93.6 Å². The molecule has 3 aromatic carbocycles. The Kier molecular flexibility index (Phi) is 6.35. The van der Waals surface area contributed by atoms with Crippen LogP contribution in [-0.4, -0.2) is 43.7 Å². The molecule has 1 aliphatic heterocycles. The Morgan fingerprint density at radius 1 is 0.917 bits per heavy atom. The summed E-state index contributed by atoms with van der Waals surface area (Å²) in [6, 6.07) is 26.4. The van der Waals surface area contributed by atoms with Crippen LogP contribution >= 0.6 is 0 Å². The number of anilines is 1. The lowest BCUT2D eigenvalue weighted by molar-refractivity contribution is -0.121. The molecule has 7 nitrogen and oxygen atoms in total. The first kappa shape index (κ1) is 23.4. The first-order valence-electron chi connectivity index (χ1n) is 11.3. The molecule has 5 rings (SSSR count). The molecule has 0 N–H and O–H groups in total. The minimum atomic E-state index is -3.40. The van der Waals surface area contributed by atoms with Gasteiger partial charge in [-0.3, -0.25) is 4.79 Å². The van der Waals surface area contributed by atoms with Gasteiger partial charge in [0, 0.05) is 22.0 Å². The van der Waals surface area contributed by atoms with E-state index >= 15 is 0 Å². The van der Waals surface area contributed by atoms with Gasteiger partial charge in [-0.15, -0.1) is 0 Å². The van der Waals surface area contributed by atoms with Crippen molar-refractivity contribution in [1.29, 1.82) is 0 Å². The van der Waals surface area contributed by atoms with Gasteiger partial charge in [0.05, 0.1) is 28.6 Å². The van der Waals surface area contributed by atoms with Gasteiger partial charge in [0.15, 0.2) is 16.4 Å². The predicted molar refractivity (Wildman–Crippen MR) is 138 cm³/mol. The molecular formula is C28H22N2O5S. The number of amides is 1. The zero-order valence-corrected chi connectivity index (χ0v) is 20.0. The average molecular weight is 499 g/mol. The fourth-order valence-corrected chi connectivity index (χ4v) is 5.47. The second-order valence-electron chi connectivity index (χ2n) is 8.34. The normalized spacial score (nSPS) is 16.1. The van der Waals surface area contributed by atoms with Crippen LogP contribution in [0, 0.1) is 0 Å². The maximum Gasteiger partial charge on any atom is 0.339 e. The first-order valence-corrected chi connectivity index (χ1v) is 13.0. The largest absolute Gasteiger partial charge is 0.452 e. The summed E-state index contributed by atoms with van der Waals surface area (Å²) in [4.78, 5) is 32.5. The molecule has 1 amide bonds. The number of para-hydroxylation sites is 2. The SMILES string of the molecule is O=C(OCC(=O)N(c1ccccc1)C1C=CS(=O)(=O)C1)c1cc(-c2ccccc2)nc2ccccc12. The second kappa shape index (κ2) is 9.75. The number of pyridine rings is 1. The maximum atomic E-state index is 13.2. The van der Waals surface area contributed by atoms with E-state index in [0.29, 0.717) is 27.8 Å². The van der Waals surface area contributed by atoms with E-state index in [-0.39, 0.29) is 5.75 Å². The quantitative estimate of drug-likeness (QED) is 0.366. The number of hydrogen-bond donors (Lipinski definition) is 0. The standard InChI is InChI=1S/C28H22N2O5S/c31-27(30(21-11-5-2-6-12-21)22-15-16-36(33,34)19-22)18-35-28(32)24-17-26(20-9-3-1-4-10-20)29-25-14-8-7-13-23(24)25/h1-17,22H,18-19H2. The fraction of sp³-hybridized carbons (Fsp3) is 0.107. The molecule has 1 unspecified atom stereocenters. The summed E-state index contributed by atoms with van der Waals surface area (Å²) in [6.07, 6.45) is 1.48. The van der Waals surface area contributed by atoms with Crippen LogP contribution in [0.5, 0.6) is 0 Å². The lowest BCUT2D eigenvalue weighted by Crippen LogP contribution is -2.43. The predicted octanol–water partition coefficient (Wildman–Crippen LogP) is 4.40. The lowest BCUT2D eigenvalue weighted by atomic mass is 10.0. The number of sulfone groups is 1. The molecule has 2 heterocycles. The van der Waals surface area contributed by atoms with Gasteiger partial charge in [0.25, 0.3) is 5.91 Å². The highest BCUT2D eigenvalue weighted by Gasteiger charge is 2.32. The number of hydrogen-bond acceptors (Lipinski definition) is 6. The number of benzene rings is 3. The van der Waals surface area contributed by atoms with Gasteiger partial charge < -0.3 is 9.64 Å². The Labute approximate surface area is 208 Å². The third kappa shape index (κ3) is 4.89. The summed E-state index contributed by atoms with van der Waals surface area (Å²) in [5.74, 6) is -1.42. The average Bonchev–Trinajstić information content (AvgIpc) is 3.26. The minimum Gasteiger partial charge on any atom is -0.452 e. The summed E-state index contributed by atoms with van der Waals surface area (Å²) < 4.78 is 29.5. The van der Waals surface area contributed by atoms with Crippen LogP contribution in [0.25, 0.3) is 22.2 Å². The van der Waals surface area contributed by atoms with Crippen LogP contribution in [-0.2, 0) is 19.4 Å². The molecule has 0 bridgehead atoms. The van der Waals surface area contributed by atoms with E-state index in [1.54, 1.807) is 48.5 Å². The van der Waals surface area contributed by atoms with Crippen molar-refractivity contribution in [1.82, 2.24) is 4.98 Å². The van der Waals surface area contributed by atoms with E-state index in [1.165, 1.54) is 11.0 Å². The molecule has 4 aromatic rings. The minimum absolute atomic E-state index is 0.225. The van der Waals surface area contributed by atoms with Crippen LogP contribution < -0.4 is 4.90 Å². The highest BCUT2D eigenvalue weighted by molar-refractivity contribution is 7.94. The smallest absolute Gasteiger partial charge is 0.339 e. The summed E-state index contributed by atoms with van der Waals surface area (Å²) >= 11 is 0. The van der Waals surface area contributed by atoms with Gasteiger partial charge in [0.2, 0.25) is 0 Å². The maximum absolute atomic E-state index is 13.2. The lowest BCUT2D eigenvalue weighted by Gasteiger charge is -2.27. The van der Waals surface area contributed by atoms with E-state index in [9.17, 15) is 18.0 Å². The van der Waals surface area contributed by atoms with Gasteiger partial charge in [0.1, 0.15) is 0 Å². The van der Waals surface area contributed by atoms with Crippen LogP contribution in [0.1, 0.15) is 10.4 Å². The molecule has 180 valence electrons. The summed E-state index contributed by atoms with van der Waals surface area (Å²) in [5, 5.41) is 1.72. The third-order valence-corrected chi connectivity index (χ3v) is 7.26. The van der Waals surface area contributed by atoms with Gasteiger partial charge >= 0.3 is 5.97 Å². The highest BCUT2D eigenvalue weighted by Crippen LogP contribution is 2.26. The second-order valence-corrected chi connectivity index (χ2v) is 10.3. The summed E-state index contributed by atoms with van der Waals surface area (Å²) in [5.41, 5.74) is 2.90. The number of nitrogens with zero attached hydrogens (tertiary/aromatic N) is 2. The Bertz CT molecular complexity index is 1570. The first-order chi connectivity index (χ1) is 17.4. The zero-order chi connectivity index (χ0) is 25.1. The molecule has 0 aliphatic carbocycles. The van der Waals surface area contributed by atoms with Crippen molar-refractivity contribution in [3.63, 3.8) is 0 Å². The van der Waals surface area contributed by atoms with Gasteiger partial charge in [-0.25, -0.2) is 18.2 Å². The Hall–Kier alpha value is -4.30. The van der Waals surface area contributed by atoms with Crippen molar-refractivity contribution >= 4 is 38.3 Å². The molecule has 0 saturated heterocycles. The van der Waals surface area contributed by atoms with Crippen LogP contribution in [0.2, 0.25) is 0 Å². The van der Waals surface area contributed by atoms with Crippen molar-refractivity contribution in [2.24, 2.45) is 0 Å². The number of esters is 1. The van der Waals surface area contributed by atoms with Gasteiger partial charge in [-0.05, 0) is 30.3 Å². The monoisotopic (exact) mass is 498 g/mol. The van der Waals surface area contributed by atoms with Crippen molar-refractivity contribution in [3.05, 3.63) is 108 Å².